The van der Waals surface area contributed by atoms with Crippen LogP contribution in [0.15, 0.2) is 36.8 Å². The van der Waals surface area contributed by atoms with E-state index in [1.54, 1.807) is 12.4 Å². The van der Waals surface area contributed by atoms with Crippen molar-refractivity contribution in [2.45, 2.75) is 44.8 Å². The van der Waals surface area contributed by atoms with Gasteiger partial charge in [0.15, 0.2) is 5.65 Å². The van der Waals surface area contributed by atoms with Gasteiger partial charge in [-0.15, -0.1) is 5.10 Å². The smallest absolute Gasteiger partial charge is 0.157 e. The molecule has 0 amide bonds. The van der Waals surface area contributed by atoms with Crippen LogP contribution in [0.3, 0.4) is 0 Å². The first-order valence-electron chi connectivity index (χ1n) is 8.41. The topological polar surface area (TPSA) is 75.3 Å². The van der Waals surface area contributed by atoms with E-state index < -0.39 is 0 Å². The number of pyridine rings is 1. The summed E-state index contributed by atoms with van der Waals surface area (Å²) in [5, 5.41) is 17.9. The summed E-state index contributed by atoms with van der Waals surface area (Å²) < 4.78 is 1.89. The van der Waals surface area contributed by atoms with Crippen molar-refractivity contribution in [2.75, 3.05) is 5.32 Å². The fourth-order valence-electron chi connectivity index (χ4n) is 3.34. The fourth-order valence-corrected chi connectivity index (χ4v) is 3.34. The second kappa shape index (κ2) is 6.20. The third kappa shape index (κ3) is 2.85. The van der Waals surface area contributed by atoms with Crippen molar-refractivity contribution in [3.63, 3.8) is 0 Å². The van der Waals surface area contributed by atoms with Crippen molar-refractivity contribution in [1.82, 2.24) is 19.6 Å². The lowest BCUT2D eigenvalue weighted by Gasteiger charge is -2.26. The van der Waals surface area contributed by atoms with E-state index in [1.807, 2.05) is 28.9 Å². The minimum Gasteiger partial charge on any atom is -0.393 e. The Morgan fingerprint density at radius 2 is 1.92 bits per heavy atom. The summed E-state index contributed by atoms with van der Waals surface area (Å²) in [6.45, 7) is 2.05. The molecule has 3 heterocycles. The number of aliphatic hydroxyl groups is 1. The number of aryl methyl sites for hydroxylation is 1. The first kappa shape index (κ1) is 15.1. The first-order chi connectivity index (χ1) is 11.7. The van der Waals surface area contributed by atoms with E-state index in [4.69, 9.17) is 5.10 Å². The van der Waals surface area contributed by atoms with E-state index >= 15 is 0 Å². The molecule has 0 saturated heterocycles. The van der Waals surface area contributed by atoms with Crippen molar-refractivity contribution < 1.29 is 5.11 Å². The van der Waals surface area contributed by atoms with Gasteiger partial charge < -0.3 is 10.4 Å². The molecule has 0 radical (unpaired) electrons. The van der Waals surface area contributed by atoms with E-state index in [0.717, 1.165) is 54.0 Å². The fraction of sp³-hybridized carbons (Fsp3) is 0.389. The standard InChI is InChI=1S/C18H21N5O/c1-12-10-17(21-14-2-4-15(24)5-3-14)22-23-16(11-20-18(12)23)13-6-8-19-9-7-13/h6-11,14-15,24H,2-5H2,1H3,(H,21,22). The minimum absolute atomic E-state index is 0.146. The Hall–Kier alpha value is -2.47. The Bertz CT molecular complexity index is 837. The molecule has 1 saturated carbocycles. The molecular weight excluding hydrogens is 302 g/mol. The van der Waals surface area contributed by atoms with Crippen LogP contribution in [0.4, 0.5) is 5.82 Å². The Kier molecular flexibility index (Phi) is 3.90. The molecular formula is C18H21N5O. The van der Waals surface area contributed by atoms with Crippen molar-refractivity contribution in [3.05, 3.63) is 42.4 Å². The molecule has 6 nitrogen and oxygen atoms in total. The molecule has 24 heavy (non-hydrogen) atoms. The summed E-state index contributed by atoms with van der Waals surface area (Å²) in [6, 6.07) is 6.33. The molecule has 0 spiro atoms. The average molecular weight is 323 g/mol. The molecule has 0 unspecified atom stereocenters. The van der Waals surface area contributed by atoms with E-state index in [9.17, 15) is 5.11 Å². The second-order valence-electron chi connectivity index (χ2n) is 6.48. The molecule has 3 aromatic heterocycles. The molecule has 6 heteroatoms. The Labute approximate surface area is 140 Å². The van der Waals surface area contributed by atoms with Crippen molar-refractivity contribution >= 4 is 11.5 Å². The number of hydrogen-bond acceptors (Lipinski definition) is 5. The molecule has 0 atom stereocenters. The lowest BCUT2D eigenvalue weighted by molar-refractivity contribution is 0.126. The van der Waals surface area contributed by atoms with Crippen LogP contribution in [0.25, 0.3) is 16.9 Å². The highest BCUT2D eigenvalue weighted by atomic mass is 16.3. The van der Waals surface area contributed by atoms with Gasteiger partial charge in [0.25, 0.3) is 0 Å². The zero-order valence-corrected chi connectivity index (χ0v) is 13.7. The number of fused-ring (bicyclic) bond motifs is 1. The maximum atomic E-state index is 9.65. The van der Waals surface area contributed by atoms with Gasteiger partial charge in [0, 0.05) is 24.0 Å². The highest BCUT2D eigenvalue weighted by Crippen LogP contribution is 2.25. The van der Waals surface area contributed by atoms with E-state index in [-0.39, 0.29) is 6.10 Å². The number of hydrogen-bond donors (Lipinski definition) is 2. The molecule has 124 valence electrons. The van der Waals surface area contributed by atoms with Gasteiger partial charge in [-0.1, -0.05) is 0 Å². The van der Waals surface area contributed by atoms with Crippen LogP contribution in [0.1, 0.15) is 31.2 Å². The molecule has 1 aliphatic rings. The summed E-state index contributed by atoms with van der Waals surface area (Å²) in [7, 11) is 0. The number of aromatic nitrogens is 4. The van der Waals surface area contributed by atoms with Crippen molar-refractivity contribution in [3.8, 4) is 11.3 Å². The van der Waals surface area contributed by atoms with Gasteiger partial charge in [-0.25, -0.2) is 9.50 Å². The lowest BCUT2D eigenvalue weighted by atomic mass is 9.93. The van der Waals surface area contributed by atoms with Crippen LogP contribution in [0.5, 0.6) is 0 Å². The second-order valence-corrected chi connectivity index (χ2v) is 6.48. The van der Waals surface area contributed by atoms with Gasteiger partial charge in [0.1, 0.15) is 5.82 Å². The Morgan fingerprint density at radius 1 is 1.17 bits per heavy atom. The maximum absolute atomic E-state index is 9.65. The van der Waals surface area contributed by atoms with Crippen LogP contribution in [0, 0.1) is 6.92 Å². The minimum atomic E-state index is -0.146. The molecule has 0 aliphatic heterocycles. The third-order valence-corrected chi connectivity index (χ3v) is 4.68. The quantitative estimate of drug-likeness (QED) is 0.775. The molecule has 1 aliphatic carbocycles. The van der Waals surface area contributed by atoms with E-state index in [2.05, 4.69) is 22.2 Å². The van der Waals surface area contributed by atoms with Gasteiger partial charge >= 0.3 is 0 Å². The number of imidazole rings is 1. The summed E-state index contributed by atoms with van der Waals surface area (Å²) in [5.41, 5.74) is 3.95. The first-order valence-corrected chi connectivity index (χ1v) is 8.41. The molecule has 3 aromatic rings. The van der Waals surface area contributed by atoms with Crippen LogP contribution >= 0.6 is 0 Å². The van der Waals surface area contributed by atoms with Crippen LogP contribution < -0.4 is 5.32 Å². The van der Waals surface area contributed by atoms with Crippen LogP contribution in [0.2, 0.25) is 0 Å². The Morgan fingerprint density at radius 3 is 2.67 bits per heavy atom. The number of aliphatic hydroxyl groups excluding tert-OH is 1. The number of anilines is 1. The maximum Gasteiger partial charge on any atom is 0.157 e. The molecule has 2 N–H and O–H groups in total. The summed E-state index contributed by atoms with van der Waals surface area (Å²) in [6.07, 6.45) is 8.91. The van der Waals surface area contributed by atoms with Gasteiger partial charge in [0.05, 0.1) is 18.0 Å². The Balaban J connectivity index is 1.68. The predicted octanol–water partition coefficient (Wildman–Crippen LogP) is 2.82. The number of nitrogens with one attached hydrogen (secondary N) is 1. The summed E-state index contributed by atoms with van der Waals surface area (Å²) >= 11 is 0. The zero-order valence-electron chi connectivity index (χ0n) is 13.7. The lowest BCUT2D eigenvalue weighted by Crippen LogP contribution is -2.28. The third-order valence-electron chi connectivity index (χ3n) is 4.68. The van der Waals surface area contributed by atoms with Crippen molar-refractivity contribution in [2.24, 2.45) is 0 Å². The monoisotopic (exact) mass is 323 g/mol. The highest BCUT2D eigenvalue weighted by molar-refractivity contribution is 5.65. The molecule has 0 bridgehead atoms. The van der Waals surface area contributed by atoms with Gasteiger partial charge in [0.2, 0.25) is 0 Å². The van der Waals surface area contributed by atoms with Gasteiger partial charge in [-0.2, -0.15) is 0 Å². The highest BCUT2D eigenvalue weighted by Gasteiger charge is 2.20. The largest absolute Gasteiger partial charge is 0.393 e. The average Bonchev–Trinajstić information content (AvgIpc) is 3.02. The van der Waals surface area contributed by atoms with Crippen molar-refractivity contribution in [1.29, 1.82) is 0 Å². The van der Waals surface area contributed by atoms with E-state index in [1.165, 1.54) is 0 Å². The zero-order chi connectivity index (χ0) is 16.5. The van der Waals surface area contributed by atoms with Gasteiger partial charge in [-0.3, -0.25) is 4.98 Å². The van der Waals surface area contributed by atoms with E-state index in [0.29, 0.717) is 6.04 Å². The number of nitrogens with zero attached hydrogens (tertiary/aromatic N) is 4. The summed E-state index contributed by atoms with van der Waals surface area (Å²) in [4.78, 5) is 8.58. The summed E-state index contributed by atoms with van der Waals surface area (Å²) in [5.74, 6) is 0.856. The predicted molar refractivity (Wildman–Crippen MR) is 92.8 cm³/mol. The SMILES string of the molecule is Cc1cc(NC2CCC(O)CC2)nn2c(-c3ccncc3)cnc12. The molecule has 4 rings (SSSR count). The molecule has 0 aromatic carbocycles. The normalized spacial score (nSPS) is 21.1. The van der Waals surface area contributed by atoms with Gasteiger partial charge in [-0.05, 0) is 56.4 Å². The molecule has 1 fully saturated rings. The van der Waals surface area contributed by atoms with Crippen LogP contribution in [-0.4, -0.2) is 36.8 Å². The number of rotatable bonds is 3. The van der Waals surface area contributed by atoms with Crippen LogP contribution in [-0.2, 0) is 0 Å².